The third-order valence-corrected chi connectivity index (χ3v) is 5.32. The van der Waals surface area contributed by atoms with Crippen molar-refractivity contribution in [3.63, 3.8) is 0 Å². The molecule has 1 saturated heterocycles. The van der Waals surface area contributed by atoms with Gasteiger partial charge >= 0.3 is 0 Å². The minimum atomic E-state index is 0.00320. The first-order valence-corrected chi connectivity index (χ1v) is 9.00. The van der Waals surface area contributed by atoms with Crippen LogP contribution < -0.4 is 0 Å². The predicted molar refractivity (Wildman–Crippen MR) is 87.5 cm³/mol. The Kier molecular flexibility index (Phi) is 3.95. The van der Waals surface area contributed by atoms with Gasteiger partial charge in [0.2, 0.25) is 5.89 Å². The van der Waals surface area contributed by atoms with Gasteiger partial charge in [0.1, 0.15) is 5.76 Å². The van der Waals surface area contributed by atoms with Gasteiger partial charge in [0.15, 0.2) is 5.69 Å². The lowest BCUT2D eigenvalue weighted by molar-refractivity contribution is 0.0699. The van der Waals surface area contributed by atoms with E-state index in [9.17, 15) is 4.79 Å². The Morgan fingerprint density at radius 1 is 1.43 bits per heavy atom. The Hall–Kier alpha value is -1.66. The number of amides is 1. The molecule has 0 aromatic carbocycles. The Balaban J connectivity index is 1.56. The zero-order valence-corrected chi connectivity index (χ0v) is 14.0. The van der Waals surface area contributed by atoms with Crippen LogP contribution in [0.25, 0.3) is 10.8 Å². The van der Waals surface area contributed by atoms with Gasteiger partial charge in [-0.15, -0.1) is 11.3 Å². The molecule has 3 heterocycles. The topological polar surface area (TPSA) is 55.6 Å². The second-order valence-corrected chi connectivity index (χ2v) is 7.27. The van der Waals surface area contributed by atoms with Crippen molar-refractivity contribution in [2.24, 2.45) is 5.92 Å². The first-order valence-electron chi connectivity index (χ1n) is 8.12. The Labute approximate surface area is 139 Å². The number of carbonyl (C=O) groups is 1. The molecular weight excluding hydrogens is 312 g/mol. The van der Waals surface area contributed by atoms with Gasteiger partial charge in [-0.05, 0) is 37.6 Å². The molecule has 122 valence electrons. The molecule has 0 N–H and O–H groups in total. The molecule has 1 atom stereocenters. The first-order chi connectivity index (χ1) is 11.2. The molecular formula is C17H20N2O3S. The van der Waals surface area contributed by atoms with E-state index in [-0.39, 0.29) is 5.91 Å². The number of carbonyl (C=O) groups excluding carboxylic acids is 1. The number of rotatable bonds is 5. The quantitative estimate of drug-likeness (QED) is 0.842. The summed E-state index contributed by atoms with van der Waals surface area (Å²) in [6.45, 7) is 4.16. The van der Waals surface area contributed by atoms with E-state index < -0.39 is 0 Å². The number of hydrogen-bond acceptors (Lipinski definition) is 5. The first kappa shape index (κ1) is 14.9. The number of oxazole rings is 1. The Morgan fingerprint density at radius 2 is 2.30 bits per heavy atom. The molecule has 2 aliphatic rings. The summed E-state index contributed by atoms with van der Waals surface area (Å²) in [5.41, 5.74) is 0.458. The van der Waals surface area contributed by atoms with E-state index >= 15 is 0 Å². The summed E-state index contributed by atoms with van der Waals surface area (Å²) in [5, 5.41) is 1.98. The third kappa shape index (κ3) is 3.05. The van der Waals surface area contributed by atoms with Gasteiger partial charge in [-0.1, -0.05) is 6.07 Å². The third-order valence-electron chi connectivity index (χ3n) is 4.46. The van der Waals surface area contributed by atoms with E-state index in [0.29, 0.717) is 29.3 Å². The maximum absolute atomic E-state index is 13.0. The van der Waals surface area contributed by atoms with Crippen LogP contribution in [0.15, 0.2) is 21.9 Å². The monoisotopic (exact) mass is 332 g/mol. The van der Waals surface area contributed by atoms with Gasteiger partial charge < -0.3 is 14.1 Å². The molecule has 0 spiro atoms. The standard InChI is InChI=1S/C17H20N2O3S/c1-11-15(18-16(22-11)14-3-2-8-23-14)17(20)19(13-4-5-13)9-12-6-7-21-10-12/h2-3,8,12-13H,4-7,9-10H2,1H3/t12-/m1/s1. The zero-order chi connectivity index (χ0) is 15.8. The van der Waals surface area contributed by atoms with Crippen LogP contribution in [0.3, 0.4) is 0 Å². The van der Waals surface area contributed by atoms with Crippen LogP contribution in [0.4, 0.5) is 0 Å². The van der Waals surface area contributed by atoms with Crippen LogP contribution in [-0.2, 0) is 4.74 Å². The maximum atomic E-state index is 13.0. The van der Waals surface area contributed by atoms with Crippen LogP contribution in [0.2, 0.25) is 0 Å². The van der Waals surface area contributed by atoms with Gasteiger partial charge in [-0.3, -0.25) is 4.79 Å². The molecule has 5 nitrogen and oxygen atoms in total. The highest BCUT2D eigenvalue weighted by atomic mass is 32.1. The van der Waals surface area contributed by atoms with E-state index in [1.807, 2.05) is 29.3 Å². The van der Waals surface area contributed by atoms with Crippen molar-refractivity contribution < 1.29 is 13.9 Å². The highest BCUT2D eigenvalue weighted by Gasteiger charge is 2.37. The van der Waals surface area contributed by atoms with E-state index in [0.717, 1.165) is 43.9 Å². The number of nitrogens with zero attached hydrogens (tertiary/aromatic N) is 2. The van der Waals surface area contributed by atoms with Gasteiger partial charge in [0.05, 0.1) is 11.5 Å². The van der Waals surface area contributed by atoms with Crippen molar-refractivity contribution in [2.75, 3.05) is 19.8 Å². The van der Waals surface area contributed by atoms with Crippen LogP contribution in [0.1, 0.15) is 35.5 Å². The van der Waals surface area contributed by atoms with Crippen molar-refractivity contribution in [2.45, 2.75) is 32.2 Å². The van der Waals surface area contributed by atoms with Gasteiger partial charge in [-0.25, -0.2) is 4.98 Å². The van der Waals surface area contributed by atoms with Crippen molar-refractivity contribution in [3.8, 4) is 10.8 Å². The zero-order valence-electron chi connectivity index (χ0n) is 13.2. The summed E-state index contributed by atoms with van der Waals surface area (Å²) >= 11 is 1.57. The Morgan fingerprint density at radius 3 is 2.96 bits per heavy atom. The van der Waals surface area contributed by atoms with Crippen LogP contribution in [0, 0.1) is 12.8 Å². The molecule has 23 heavy (non-hydrogen) atoms. The van der Waals surface area contributed by atoms with Gasteiger partial charge in [-0.2, -0.15) is 0 Å². The molecule has 1 saturated carbocycles. The van der Waals surface area contributed by atoms with Crippen molar-refractivity contribution >= 4 is 17.2 Å². The lowest BCUT2D eigenvalue weighted by atomic mass is 10.1. The Bertz CT molecular complexity index is 685. The minimum absolute atomic E-state index is 0.00320. The number of hydrogen-bond donors (Lipinski definition) is 0. The molecule has 1 aliphatic heterocycles. The number of aromatic nitrogens is 1. The minimum Gasteiger partial charge on any atom is -0.440 e. The largest absolute Gasteiger partial charge is 0.440 e. The van der Waals surface area contributed by atoms with Gasteiger partial charge in [0.25, 0.3) is 5.91 Å². The average molecular weight is 332 g/mol. The normalized spacial score (nSPS) is 20.8. The molecule has 1 amide bonds. The lowest BCUT2D eigenvalue weighted by Gasteiger charge is -2.24. The van der Waals surface area contributed by atoms with E-state index in [4.69, 9.17) is 9.15 Å². The molecule has 0 radical (unpaired) electrons. The molecule has 0 bridgehead atoms. The second-order valence-electron chi connectivity index (χ2n) is 6.32. The summed E-state index contributed by atoms with van der Waals surface area (Å²) in [4.78, 5) is 20.4. The molecule has 0 unspecified atom stereocenters. The highest BCUT2D eigenvalue weighted by molar-refractivity contribution is 7.13. The fourth-order valence-corrected chi connectivity index (χ4v) is 3.68. The van der Waals surface area contributed by atoms with Crippen molar-refractivity contribution in [3.05, 3.63) is 29.0 Å². The molecule has 2 fully saturated rings. The molecule has 1 aliphatic carbocycles. The molecule has 6 heteroatoms. The summed E-state index contributed by atoms with van der Waals surface area (Å²) in [5.74, 6) is 1.60. The second kappa shape index (κ2) is 6.09. The molecule has 4 rings (SSSR count). The van der Waals surface area contributed by atoms with Crippen LogP contribution in [0.5, 0.6) is 0 Å². The van der Waals surface area contributed by atoms with E-state index in [1.54, 1.807) is 11.3 Å². The summed E-state index contributed by atoms with van der Waals surface area (Å²) < 4.78 is 11.2. The number of aryl methyl sites for hydroxylation is 1. The summed E-state index contributed by atoms with van der Waals surface area (Å²) in [7, 11) is 0. The van der Waals surface area contributed by atoms with Crippen LogP contribution >= 0.6 is 11.3 Å². The average Bonchev–Trinajstić information content (AvgIpc) is 3.00. The number of thiophene rings is 1. The maximum Gasteiger partial charge on any atom is 0.276 e. The van der Waals surface area contributed by atoms with Crippen LogP contribution in [-0.4, -0.2) is 41.6 Å². The smallest absolute Gasteiger partial charge is 0.276 e. The van der Waals surface area contributed by atoms with Crippen molar-refractivity contribution in [1.82, 2.24) is 9.88 Å². The van der Waals surface area contributed by atoms with Gasteiger partial charge in [0, 0.05) is 25.1 Å². The number of ether oxygens (including phenoxy) is 1. The predicted octanol–water partition coefficient (Wildman–Crippen LogP) is 3.35. The van der Waals surface area contributed by atoms with E-state index in [1.165, 1.54) is 0 Å². The SMILES string of the molecule is Cc1oc(-c2cccs2)nc1C(=O)N(C[C@H]1CCOC1)C1CC1. The fraction of sp³-hybridized carbons (Fsp3) is 0.529. The summed E-state index contributed by atoms with van der Waals surface area (Å²) in [6.07, 6.45) is 3.22. The molecule has 2 aromatic rings. The molecule has 2 aromatic heterocycles. The fourth-order valence-electron chi connectivity index (χ4n) is 3.03. The van der Waals surface area contributed by atoms with E-state index in [2.05, 4.69) is 4.98 Å². The lowest BCUT2D eigenvalue weighted by Crippen LogP contribution is -2.38. The summed E-state index contributed by atoms with van der Waals surface area (Å²) in [6, 6.07) is 4.28. The highest BCUT2D eigenvalue weighted by Crippen LogP contribution is 2.32. The van der Waals surface area contributed by atoms with Crippen molar-refractivity contribution in [1.29, 1.82) is 0 Å².